The number of rotatable bonds is 2. The largest absolute Gasteiger partial charge is 0.274 e. The van der Waals surface area contributed by atoms with Gasteiger partial charge in [-0.15, -0.1) is 0 Å². The summed E-state index contributed by atoms with van der Waals surface area (Å²) < 4.78 is 4.06. The van der Waals surface area contributed by atoms with Crippen LogP contribution in [0.15, 0.2) is 210 Å². The smallest absolute Gasteiger partial charge is 0.263 e. The van der Waals surface area contributed by atoms with Gasteiger partial charge in [-0.05, 0) is 115 Å². The van der Waals surface area contributed by atoms with Gasteiger partial charge in [0, 0.05) is 54.2 Å². The van der Waals surface area contributed by atoms with E-state index in [9.17, 15) is 0 Å². The van der Waals surface area contributed by atoms with E-state index in [-0.39, 0.29) is 11.1 Å². The van der Waals surface area contributed by atoms with E-state index in [1.54, 1.807) is 0 Å². The van der Waals surface area contributed by atoms with Crippen LogP contribution in [0.25, 0.3) is 120 Å². The maximum absolute atomic E-state index is 15.4. The molecule has 4 nitrogen and oxygen atoms in total. The normalized spacial score (nSPS) is 15.0. The molecule has 0 saturated carbocycles. The van der Waals surface area contributed by atoms with Crippen molar-refractivity contribution in [3.63, 3.8) is 0 Å². The average Bonchev–Trinajstić information content (AvgIpc) is 4.10. The van der Waals surface area contributed by atoms with Crippen LogP contribution in [0.4, 0.5) is 0 Å². The summed E-state index contributed by atoms with van der Waals surface area (Å²) in [6.45, 7) is 2.16. The van der Waals surface area contributed by atoms with Crippen molar-refractivity contribution in [2.75, 3.05) is 0 Å². The lowest BCUT2D eigenvalue weighted by Gasteiger charge is -2.30. The van der Waals surface area contributed by atoms with Gasteiger partial charge in [0.2, 0.25) is 0 Å². The lowest BCUT2D eigenvalue weighted by molar-refractivity contribution is 0.795. The van der Waals surface area contributed by atoms with Crippen molar-refractivity contribution in [3.8, 4) is 44.5 Å². The van der Waals surface area contributed by atoms with Crippen LogP contribution in [0, 0.1) is 6.92 Å². The number of benzene rings is 10. The predicted octanol–water partition coefficient (Wildman–Crippen LogP) is 14.7. The summed E-state index contributed by atoms with van der Waals surface area (Å²) in [4.78, 5) is 30.7. The Bertz CT molecular complexity index is 4720. The molecule has 4 heteroatoms. The van der Waals surface area contributed by atoms with Crippen LogP contribution >= 0.6 is 0 Å². The summed E-state index contributed by atoms with van der Waals surface area (Å²) in [6, 6.07) is 71.2. The number of nitrogens with zero attached hydrogens (tertiary/aromatic N) is 2. The van der Waals surface area contributed by atoms with E-state index in [0.717, 1.165) is 126 Å². The molecule has 0 saturated heterocycles. The third-order valence-corrected chi connectivity index (χ3v) is 15.8. The lowest BCUT2D eigenvalue weighted by atomic mass is 9.70. The van der Waals surface area contributed by atoms with Crippen molar-refractivity contribution in [2.24, 2.45) is 0 Å². The highest BCUT2D eigenvalue weighted by molar-refractivity contribution is 6.26. The van der Waals surface area contributed by atoms with Gasteiger partial charge in [0.05, 0.1) is 27.5 Å². The Hall–Kier alpha value is -8.86. The highest BCUT2D eigenvalue weighted by atomic mass is 16.1. The molecular weight excluding hydrogens is 829 g/mol. The van der Waals surface area contributed by atoms with Crippen LogP contribution in [-0.4, -0.2) is 8.80 Å². The van der Waals surface area contributed by atoms with E-state index < -0.39 is 5.41 Å². The van der Waals surface area contributed by atoms with Crippen LogP contribution < -0.4 is 11.1 Å². The molecule has 14 aromatic rings. The Morgan fingerprint density at radius 3 is 1.26 bits per heavy atom. The topological polar surface area (TPSA) is 43.0 Å². The molecule has 0 fully saturated rings. The van der Waals surface area contributed by atoms with E-state index in [4.69, 9.17) is 0 Å². The number of aryl methyl sites for hydroxylation is 1. The molecule has 0 bridgehead atoms. The van der Waals surface area contributed by atoms with E-state index in [0.29, 0.717) is 10.8 Å². The molecule has 1 atom stereocenters. The molecule has 0 aliphatic heterocycles. The Morgan fingerprint density at radius 1 is 0.309 bits per heavy atom. The quantitative estimate of drug-likeness (QED) is 0.163. The van der Waals surface area contributed by atoms with E-state index >= 15 is 9.59 Å². The van der Waals surface area contributed by atoms with Gasteiger partial charge in [-0.3, -0.25) is 18.4 Å². The molecule has 10 aromatic carbocycles. The predicted molar refractivity (Wildman–Crippen MR) is 280 cm³/mol. The first-order valence-electron chi connectivity index (χ1n) is 23.4. The standard InChI is InChI=1S/C64H36N2O2/c1-35-31-50-43-28-30-55-57(61(43)66-59(50)51(32-35)49-34-39(24-26-45(49)63(66)68)37-15-6-3-7-16-37)47-18-9-11-22-53(47)64(55)52-21-10-8-17-46(52)56-54(64)29-27-42-40-19-12-20-41-48-33-38(36-13-4-2-5-14-36)23-25-44(48)62(67)65(58(40)41)60(42)56/h2-34H,1H3. The minimum Gasteiger partial charge on any atom is -0.274 e. The summed E-state index contributed by atoms with van der Waals surface area (Å²) in [5.74, 6) is 0. The van der Waals surface area contributed by atoms with Gasteiger partial charge < -0.3 is 0 Å². The summed E-state index contributed by atoms with van der Waals surface area (Å²) in [5.41, 5.74) is 17.7. The fraction of sp³-hybridized carbons (Fsp3) is 0.0312. The zero-order valence-electron chi connectivity index (χ0n) is 36.8. The van der Waals surface area contributed by atoms with Gasteiger partial charge >= 0.3 is 0 Å². The molecule has 4 aromatic heterocycles. The van der Waals surface area contributed by atoms with Crippen molar-refractivity contribution < 1.29 is 0 Å². The first-order valence-corrected chi connectivity index (χ1v) is 23.4. The van der Waals surface area contributed by atoms with Gasteiger partial charge in [0.1, 0.15) is 0 Å². The van der Waals surface area contributed by atoms with Crippen molar-refractivity contribution >= 4 is 75.9 Å². The Labute approximate surface area is 388 Å². The van der Waals surface area contributed by atoms with Crippen molar-refractivity contribution in [2.45, 2.75) is 12.3 Å². The fourth-order valence-electron chi connectivity index (χ4n) is 13.2. The van der Waals surface area contributed by atoms with Crippen LogP contribution in [0.3, 0.4) is 0 Å². The monoisotopic (exact) mass is 864 g/mol. The molecule has 0 amide bonds. The van der Waals surface area contributed by atoms with Crippen LogP contribution in [-0.2, 0) is 5.41 Å². The van der Waals surface area contributed by atoms with Crippen LogP contribution in [0.5, 0.6) is 0 Å². The molecule has 4 heterocycles. The minimum absolute atomic E-state index is 0.0128. The summed E-state index contributed by atoms with van der Waals surface area (Å²) in [7, 11) is 0. The van der Waals surface area contributed by atoms with Gasteiger partial charge in [0.25, 0.3) is 11.1 Å². The Balaban J connectivity index is 1.04. The van der Waals surface area contributed by atoms with Crippen LogP contribution in [0.2, 0.25) is 0 Å². The maximum Gasteiger partial charge on any atom is 0.263 e. The highest BCUT2D eigenvalue weighted by Gasteiger charge is 2.53. The highest BCUT2D eigenvalue weighted by Crippen LogP contribution is 2.65. The molecule has 2 aliphatic carbocycles. The molecule has 1 unspecified atom stereocenters. The van der Waals surface area contributed by atoms with Crippen molar-refractivity contribution in [3.05, 3.63) is 249 Å². The van der Waals surface area contributed by atoms with Gasteiger partial charge in [-0.2, -0.15) is 0 Å². The maximum atomic E-state index is 15.4. The first-order chi connectivity index (χ1) is 33.5. The van der Waals surface area contributed by atoms with Crippen LogP contribution in [0.1, 0.15) is 27.8 Å². The lowest BCUT2D eigenvalue weighted by Crippen LogP contribution is -2.26. The average molecular weight is 865 g/mol. The molecule has 68 heavy (non-hydrogen) atoms. The number of hydrogen-bond acceptors (Lipinski definition) is 2. The van der Waals surface area contributed by atoms with Gasteiger partial charge in [-0.25, -0.2) is 0 Å². The van der Waals surface area contributed by atoms with Gasteiger partial charge in [-0.1, -0.05) is 164 Å². The molecule has 0 radical (unpaired) electrons. The number of pyridine rings is 2. The second-order valence-corrected chi connectivity index (χ2v) is 19.1. The Kier molecular flexibility index (Phi) is 6.70. The number of para-hydroxylation sites is 1. The Morgan fingerprint density at radius 2 is 0.721 bits per heavy atom. The van der Waals surface area contributed by atoms with Crippen molar-refractivity contribution in [1.29, 1.82) is 0 Å². The minimum atomic E-state index is -0.726. The number of fused-ring (bicyclic) bond motifs is 22. The SMILES string of the molecule is Cc1cc2c3cc(-c4ccccc4)ccc3c(=O)n3c4c5c(ccc4c(c1)c23)C1(c2ccccc2-c2c1ccc1c3cccc4c6cc(-c7ccccc7)ccc6c(=O)n(c21)c43)c1ccccc1-5. The van der Waals surface area contributed by atoms with E-state index in [1.807, 2.05) is 33.1 Å². The fourth-order valence-corrected chi connectivity index (χ4v) is 13.2. The summed E-state index contributed by atoms with van der Waals surface area (Å²) in [5, 5.41) is 9.75. The van der Waals surface area contributed by atoms with E-state index in [1.165, 1.54) is 11.1 Å². The second-order valence-electron chi connectivity index (χ2n) is 19.1. The van der Waals surface area contributed by atoms with Crippen molar-refractivity contribution in [1.82, 2.24) is 8.80 Å². The van der Waals surface area contributed by atoms with E-state index in [2.05, 4.69) is 183 Å². The molecule has 2 aliphatic rings. The number of hydrogen-bond donors (Lipinski definition) is 0. The molecule has 16 rings (SSSR count). The summed E-state index contributed by atoms with van der Waals surface area (Å²) >= 11 is 0. The van der Waals surface area contributed by atoms with Gasteiger partial charge in [0.15, 0.2) is 0 Å². The summed E-state index contributed by atoms with van der Waals surface area (Å²) in [6.07, 6.45) is 0. The molecular formula is C64H36N2O2. The molecule has 1 spiro atoms. The first kappa shape index (κ1) is 36.4. The molecule has 314 valence electrons. The third kappa shape index (κ3) is 4.20. The third-order valence-electron chi connectivity index (χ3n) is 15.8. The second kappa shape index (κ2) is 12.5. The molecule has 0 N–H and O–H groups in total. The zero-order valence-corrected chi connectivity index (χ0v) is 36.8. The number of aromatic nitrogens is 2. The zero-order chi connectivity index (χ0) is 44.7.